The molecule has 1 nitrogen and oxygen atoms in total. The first kappa shape index (κ1) is 15.0. The molecule has 0 aliphatic heterocycles. The van der Waals surface area contributed by atoms with E-state index in [1.165, 1.54) is 18.4 Å². The lowest BCUT2D eigenvalue weighted by Gasteiger charge is -2.37. The molecule has 0 aliphatic rings. The van der Waals surface area contributed by atoms with E-state index < -0.39 is 0 Å². The van der Waals surface area contributed by atoms with Crippen molar-refractivity contribution in [3.05, 3.63) is 48.0 Å². The Morgan fingerprint density at radius 3 is 2.28 bits per heavy atom. The summed E-state index contributed by atoms with van der Waals surface area (Å²) in [5, 5.41) is 0. The van der Waals surface area contributed by atoms with Crippen LogP contribution >= 0.6 is 0 Å². The van der Waals surface area contributed by atoms with Gasteiger partial charge in [0.05, 0.1) is 0 Å². The Labute approximate surface area is 112 Å². The van der Waals surface area contributed by atoms with E-state index in [1.54, 1.807) is 0 Å². The molecule has 0 aromatic heterocycles. The number of rotatable bonds is 6. The Hall–Kier alpha value is -1.08. The summed E-state index contributed by atoms with van der Waals surface area (Å²) in [6.07, 6.45) is 2.36. The van der Waals surface area contributed by atoms with E-state index >= 15 is 0 Å². The quantitative estimate of drug-likeness (QED) is 0.734. The third kappa shape index (κ3) is 3.46. The zero-order valence-corrected chi connectivity index (χ0v) is 12.2. The minimum absolute atomic E-state index is 0.0336. The van der Waals surface area contributed by atoms with Gasteiger partial charge in [-0.15, -0.1) is 0 Å². The Morgan fingerprint density at radius 1 is 1.28 bits per heavy atom. The Morgan fingerprint density at radius 2 is 1.83 bits per heavy atom. The molecule has 0 saturated carbocycles. The number of nitrogens with two attached hydrogens (primary N) is 1. The van der Waals surface area contributed by atoms with Crippen molar-refractivity contribution in [1.82, 2.24) is 0 Å². The van der Waals surface area contributed by atoms with E-state index in [4.69, 9.17) is 5.73 Å². The van der Waals surface area contributed by atoms with Gasteiger partial charge in [0.1, 0.15) is 0 Å². The largest absolute Gasteiger partial charge is 0.324 e. The molecule has 1 rings (SSSR count). The van der Waals surface area contributed by atoms with Crippen LogP contribution in [-0.4, -0.2) is 6.04 Å². The van der Waals surface area contributed by atoms with Crippen molar-refractivity contribution in [1.29, 1.82) is 0 Å². The lowest BCUT2D eigenvalue weighted by atomic mass is 9.68. The van der Waals surface area contributed by atoms with Crippen molar-refractivity contribution >= 4 is 0 Å². The Kier molecular flexibility index (Phi) is 5.15. The Balaban J connectivity index is 3.15. The maximum Gasteiger partial charge on any atom is 0.0228 e. The highest BCUT2D eigenvalue weighted by Crippen LogP contribution is 2.44. The van der Waals surface area contributed by atoms with Crippen LogP contribution in [0.4, 0.5) is 0 Å². The molecule has 0 saturated heterocycles. The summed E-state index contributed by atoms with van der Waals surface area (Å²) in [5.74, 6) is 0.332. The molecule has 2 N–H and O–H groups in total. The van der Waals surface area contributed by atoms with Crippen LogP contribution in [0.1, 0.15) is 52.0 Å². The van der Waals surface area contributed by atoms with Crippen molar-refractivity contribution < 1.29 is 0 Å². The fourth-order valence-electron chi connectivity index (χ4n) is 2.86. The van der Waals surface area contributed by atoms with Gasteiger partial charge in [-0.3, -0.25) is 0 Å². The number of benzene rings is 1. The Bertz CT molecular complexity index is 376. The van der Waals surface area contributed by atoms with Gasteiger partial charge in [0.25, 0.3) is 0 Å². The van der Waals surface area contributed by atoms with E-state index in [-0.39, 0.29) is 11.5 Å². The zero-order chi connectivity index (χ0) is 13.8. The molecule has 1 aromatic rings. The summed E-state index contributed by atoms with van der Waals surface area (Å²) in [6, 6.07) is 10.7. The molecule has 18 heavy (non-hydrogen) atoms. The van der Waals surface area contributed by atoms with Crippen LogP contribution in [0.15, 0.2) is 42.5 Å². The summed E-state index contributed by atoms with van der Waals surface area (Å²) in [6.45, 7) is 13.2. The maximum atomic E-state index is 6.07. The standard InChI is InChI=1S/C17H27N/c1-6-12-17(4,5)16(13(2)14(3)18)15-10-8-7-9-11-15/h7-11,14,16H,2,6,12,18H2,1,3-5H3. The van der Waals surface area contributed by atoms with Gasteiger partial charge in [0, 0.05) is 12.0 Å². The molecule has 2 unspecified atom stereocenters. The molecule has 0 spiro atoms. The molecule has 2 atom stereocenters. The van der Waals surface area contributed by atoms with Gasteiger partial charge < -0.3 is 5.73 Å². The first-order valence-electron chi connectivity index (χ1n) is 6.89. The summed E-state index contributed by atoms with van der Waals surface area (Å²) < 4.78 is 0. The topological polar surface area (TPSA) is 26.0 Å². The van der Waals surface area contributed by atoms with Crippen molar-refractivity contribution in [3.63, 3.8) is 0 Å². The van der Waals surface area contributed by atoms with Crippen LogP contribution in [0, 0.1) is 5.41 Å². The normalized spacial score (nSPS) is 15.2. The first-order chi connectivity index (χ1) is 8.40. The molecule has 100 valence electrons. The average molecular weight is 245 g/mol. The van der Waals surface area contributed by atoms with Gasteiger partial charge in [-0.1, -0.05) is 69.7 Å². The van der Waals surface area contributed by atoms with Gasteiger partial charge in [-0.05, 0) is 24.3 Å². The second-order valence-corrected chi connectivity index (χ2v) is 5.95. The van der Waals surface area contributed by atoms with Crippen molar-refractivity contribution in [2.24, 2.45) is 11.1 Å². The SMILES string of the molecule is C=C(C(C)N)C(c1ccccc1)C(C)(C)CCC. The van der Waals surface area contributed by atoms with Crippen LogP contribution in [0.5, 0.6) is 0 Å². The van der Waals surface area contributed by atoms with Gasteiger partial charge in [-0.25, -0.2) is 0 Å². The average Bonchev–Trinajstić information content (AvgIpc) is 2.29. The van der Waals surface area contributed by atoms with Crippen LogP contribution < -0.4 is 5.73 Å². The highest BCUT2D eigenvalue weighted by atomic mass is 14.6. The maximum absolute atomic E-state index is 6.07. The highest BCUT2D eigenvalue weighted by Gasteiger charge is 2.32. The van der Waals surface area contributed by atoms with Gasteiger partial charge in [0.15, 0.2) is 0 Å². The smallest absolute Gasteiger partial charge is 0.0228 e. The fraction of sp³-hybridized carbons (Fsp3) is 0.529. The fourth-order valence-corrected chi connectivity index (χ4v) is 2.86. The predicted octanol–water partition coefficient (Wildman–Crippen LogP) is 4.50. The van der Waals surface area contributed by atoms with Gasteiger partial charge in [-0.2, -0.15) is 0 Å². The second-order valence-electron chi connectivity index (χ2n) is 5.95. The van der Waals surface area contributed by atoms with Crippen LogP contribution in [0.3, 0.4) is 0 Å². The minimum Gasteiger partial charge on any atom is -0.324 e. The molecular formula is C17H27N. The van der Waals surface area contributed by atoms with Crippen LogP contribution in [-0.2, 0) is 0 Å². The number of hydrogen-bond donors (Lipinski definition) is 1. The molecule has 1 heteroatoms. The van der Waals surface area contributed by atoms with Crippen molar-refractivity contribution in [2.75, 3.05) is 0 Å². The monoisotopic (exact) mass is 245 g/mol. The molecular weight excluding hydrogens is 218 g/mol. The molecule has 0 radical (unpaired) electrons. The lowest BCUT2D eigenvalue weighted by Crippen LogP contribution is -2.31. The summed E-state index contributed by atoms with van der Waals surface area (Å²) in [5.41, 5.74) is 8.73. The van der Waals surface area contributed by atoms with E-state index in [0.29, 0.717) is 5.92 Å². The molecule has 0 aliphatic carbocycles. The summed E-state index contributed by atoms with van der Waals surface area (Å²) >= 11 is 0. The number of hydrogen-bond acceptors (Lipinski definition) is 1. The molecule has 0 heterocycles. The van der Waals surface area contributed by atoms with Gasteiger partial charge >= 0.3 is 0 Å². The summed E-state index contributed by atoms with van der Waals surface area (Å²) in [4.78, 5) is 0. The van der Waals surface area contributed by atoms with Gasteiger partial charge in [0.2, 0.25) is 0 Å². The third-order valence-electron chi connectivity index (χ3n) is 3.76. The van der Waals surface area contributed by atoms with E-state index in [0.717, 1.165) is 5.57 Å². The lowest BCUT2D eigenvalue weighted by molar-refractivity contribution is 0.279. The molecule has 0 bridgehead atoms. The minimum atomic E-state index is 0.0336. The van der Waals surface area contributed by atoms with Crippen LogP contribution in [0.25, 0.3) is 0 Å². The third-order valence-corrected chi connectivity index (χ3v) is 3.76. The molecule has 0 fully saturated rings. The molecule has 0 amide bonds. The molecule has 1 aromatic carbocycles. The van der Waals surface area contributed by atoms with E-state index in [9.17, 15) is 0 Å². The summed E-state index contributed by atoms with van der Waals surface area (Å²) in [7, 11) is 0. The highest BCUT2D eigenvalue weighted by molar-refractivity contribution is 5.32. The second kappa shape index (κ2) is 6.19. The predicted molar refractivity (Wildman–Crippen MR) is 80.7 cm³/mol. The van der Waals surface area contributed by atoms with Crippen LogP contribution in [0.2, 0.25) is 0 Å². The zero-order valence-electron chi connectivity index (χ0n) is 12.2. The van der Waals surface area contributed by atoms with E-state index in [1.807, 2.05) is 6.92 Å². The van der Waals surface area contributed by atoms with Crippen molar-refractivity contribution in [2.45, 2.75) is 52.5 Å². The van der Waals surface area contributed by atoms with Crippen molar-refractivity contribution in [3.8, 4) is 0 Å². The first-order valence-corrected chi connectivity index (χ1v) is 6.89. The van der Waals surface area contributed by atoms with E-state index in [2.05, 4.69) is 57.7 Å².